The highest BCUT2D eigenvalue weighted by Gasteiger charge is 2.22. The number of nitrogen functional groups attached to an aromatic ring is 1. The zero-order valence-electron chi connectivity index (χ0n) is 14.4. The van der Waals surface area contributed by atoms with E-state index in [1.165, 1.54) is 6.20 Å². The number of aliphatic hydroxyl groups is 1. The molecule has 1 saturated heterocycles. The predicted molar refractivity (Wildman–Crippen MR) is 97.4 cm³/mol. The Hall–Kier alpha value is -2.67. The quantitative estimate of drug-likeness (QED) is 0.716. The number of rotatable bonds is 5. The van der Waals surface area contributed by atoms with Gasteiger partial charge in [-0.1, -0.05) is 0 Å². The number of nitrogens with two attached hydrogens (primary N) is 1. The van der Waals surface area contributed by atoms with Crippen LogP contribution in [0.2, 0.25) is 0 Å². The van der Waals surface area contributed by atoms with E-state index in [1.54, 1.807) is 18.3 Å². The molecule has 7 nitrogen and oxygen atoms in total. The Kier molecular flexibility index (Phi) is 4.85. The number of hydrogen-bond acceptors (Lipinski definition) is 7. The first-order chi connectivity index (χ1) is 11.9. The second-order valence-electron chi connectivity index (χ2n) is 6.44. The monoisotopic (exact) mass is 341 g/mol. The van der Waals surface area contributed by atoms with E-state index in [0.717, 1.165) is 18.8 Å². The van der Waals surface area contributed by atoms with Crippen molar-refractivity contribution in [2.45, 2.75) is 32.5 Å². The molecule has 3 rings (SSSR count). The molecule has 0 aliphatic carbocycles. The number of nitrogens with one attached hydrogen (secondary N) is 1. The van der Waals surface area contributed by atoms with Crippen LogP contribution in [-0.2, 0) is 0 Å². The molecule has 3 heterocycles. The van der Waals surface area contributed by atoms with Crippen LogP contribution < -0.4 is 15.4 Å². The third-order valence-electron chi connectivity index (χ3n) is 4.06. The average molecular weight is 341 g/mol. The molecule has 0 spiro atoms. The van der Waals surface area contributed by atoms with Crippen LogP contribution in [0, 0.1) is 5.41 Å². The summed E-state index contributed by atoms with van der Waals surface area (Å²) in [6.45, 7) is 5.16. The molecular weight excluding hydrogens is 318 g/mol. The number of ether oxygens (including phenoxy) is 1. The van der Waals surface area contributed by atoms with E-state index >= 15 is 0 Å². The van der Waals surface area contributed by atoms with Crippen molar-refractivity contribution in [3.63, 3.8) is 0 Å². The predicted octanol–water partition coefficient (Wildman–Crippen LogP) is 1.83. The molecule has 7 heteroatoms. The molecule has 0 amide bonds. The van der Waals surface area contributed by atoms with Gasteiger partial charge in [-0.2, -0.15) is 0 Å². The van der Waals surface area contributed by atoms with Crippen molar-refractivity contribution in [3.8, 4) is 5.88 Å². The minimum Gasteiger partial charge on any atom is -0.475 e. The Morgan fingerprint density at radius 1 is 1.40 bits per heavy atom. The molecule has 25 heavy (non-hydrogen) atoms. The lowest BCUT2D eigenvalue weighted by Crippen LogP contribution is -2.22. The minimum absolute atomic E-state index is 0.00715. The number of hydrogen-bond donors (Lipinski definition) is 3. The Labute approximate surface area is 147 Å². The third-order valence-corrected chi connectivity index (χ3v) is 4.06. The van der Waals surface area contributed by atoms with Crippen molar-refractivity contribution in [3.05, 3.63) is 41.7 Å². The molecule has 132 valence electrons. The maximum Gasteiger partial charge on any atom is 0.214 e. The van der Waals surface area contributed by atoms with Crippen LogP contribution in [0.1, 0.15) is 31.4 Å². The minimum atomic E-state index is -0.323. The smallest absolute Gasteiger partial charge is 0.214 e. The summed E-state index contributed by atoms with van der Waals surface area (Å²) >= 11 is 0. The van der Waals surface area contributed by atoms with Gasteiger partial charge in [-0.3, -0.25) is 5.41 Å². The first-order valence-corrected chi connectivity index (χ1v) is 8.34. The van der Waals surface area contributed by atoms with E-state index in [1.807, 2.05) is 24.8 Å². The fourth-order valence-corrected chi connectivity index (χ4v) is 2.82. The lowest BCUT2D eigenvalue weighted by atomic mass is 10.0. The molecule has 1 atom stereocenters. The summed E-state index contributed by atoms with van der Waals surface area (Å²) in [6.07, 6.45) is 3.59. The highest BCUT2D eigenvalue weighted by Crippen LogP contribution is 2.24. The van der Waals surface area contributed by atoms with E-state index in [-0.39, 0.29) is 17.9 Å². The van der Waals surface area contributed by atoms with Gasteiger partial charge in [0.25, 0.3) is 0 Å². The topological polar surface area (TPSA) is 108 Å². The molecule has 2 aromatic rings. The van der Waals surface area contributed by atoms with Gasteiger partial charge >= 0.3 is 0 Å². The highest BCUT2D eigenvalue weighted by molar-refractivity contribution is 6.14. The van der Waals surface area contributed by atoms with E-state index < -0.39 is 0 Å². The Morgan fingerprint density at radius 2 is 2.20 bits per heavy atom. The summed E-state index contributed by atoms with van der Waals surface area (Å²) in [4.78, 5) is 10.5. The van der Waals surface area contributed by atoms with Gasteiger partial charge in [-0.15, -0.1) is 0 Å². The molecule has 0 saturated carbocycles. The maximum atomic E-state index is 9.71. The van der Waals surface area contributed by atoms with Crippen molar-refractivity contribution in [1.29, 1.82) is 5.41 Å². The Bertz CT molecular complexity index is 778. The molecule has 1 aliphatic rings. The van der Waals surface area contributed by atoms with E-state index in [0.29, 0.717) is 29.2 Å². The standard InChI is InChI=1S/C18H23N5O2/c1-11(2)25-17-8-14(15(19)9-22-17)18(20)12-3-5-21-16(7-12)23-6-4-13(24)10-23/h3,5,7-9,11,13,20,24H,4,6,10,19H2,1-2H3. The zero-order valence-corrected chi connectivity index (χ0v) is 14.4. The summed E-state index contributed by atoms with van der Waals surface area (Å²) in [7, 11) is 0. The highest BCUT2D eigenvalue weighted by atomic mass is 16.5. The second kappa shape index (κ2) is 7.06. The van der Waals surface area contributed by atoms with Crippen LogP contribution in [0.4, 0.5) is 11.5 Å². The summed E-state index contributed by atoms with van der Waals surface area (Å²) in [5.74, 6) is 1.20. The summed E-state index contributed by atoms with van der Waals surface area (Å²) < 4.78 is 5.60. The fraction of sp³-hybridized carbons (Fsp3) is 0.389. The van der Waals surface area contributed by atoms with Gasteiger partial charge in [-0.25, -0.2) is 9.97 Å². The van der Waals surface area contributed by atoms with Crippen LogP contribution in [0.25, 0.3) is 0 Å². The van der Waals surface area contributed by atoms with Crippen molar-refractivity contribution in [2.75, 3.05) is 23.7 Å². The summed E-state index contributed by atoms with van der Waals surface area (Å²) in [6, 6.07) is 5.32. The molecule has 0 bridgehead atoms. The molecule has 0 radical (unpaired) electrons. The normalized spacial score (nSPS) is 17.1. The van der Waals surface area contributed by atoms with E-state index in [4.69, 9.17) is 15.9 Å². The number of β-amino-alcohol motifs (C(OH)–C–C–N with tert-alkyl or cyclic N) is 1. The number of aromatic nitrogens is 2. The second-order valence-corrected chi connectivity index (χ2v) is 6.44. The molecular formula is C18H23N5O2. The van der Waals surface area contributed by atoms with Crippen LogP contribution in [0.15, 0.2) is 30.6 Å². The lowest BCUT2D eigenvalue weighted by Gasteiger charge is -2.18. The molecule has 1 aliphatic heterocycles. The molecule has 2 aromatic heterocycles. The van der Waals surface area contributed by atoms with Gasteiger partial charge in [0, 0.05) is 36.5 Å². The Morgan fingerprint density at radius 3 is 2.88 bits per heavy atom. The van der Waals surface area contributed by atoms with Crippen LogP contribution in [-0.4, -0.2) is 46.1 Å². The molecule has 1 fully saturated rings. The van der Waals surface area contributed by atoms with Crippen LogP contribution >= 0.6 is 0 Å². The van der Waals surface area contributed by atoms with Crippen molar-refractivity contribution in [2.24, 2.45) is 0 Å². The van der Waals surface area contributed by atoms with Gasteiger partial charge in [0.15, 0.2) is 0 Å². The van der Waals surface area contributed by atoms with Crippen LogP contribution in [0.3, 0.4) is 0 Å². The van der Waals surface area contributed by atoms with Crippen molar-refractivity contribution >= 4 is 17.2 Å². The summed E-state index contributed by atoms with van der Waals surface area (Å²) in [5, 5.41) is 18.2. The van der Waals surface area contributed by atoms with Crippen molar-refractivity contribution in [1.82, 2.24) is 9.97 Å². The number of aliphatic hydroxyl groups excluding tert-OH is 1. The maximum absolute atomic E-state index is 9.71. The fourth-order valence-electron chi connectivity index (χ4n) is 2.82. The first kappa shape index (κ1) is 17.2. The lowest BCUT2D eigenvalue weighted by molar-refractivity contribution is 0.198. The van der Waals surface area contributed by atoms with Crippen LogP contribution in [0.5, 0.6) is 5.88 Å². The van der Waals surface area contributed by atoms with E-state index in [9.17, 15) is 5.11 Å². The number of pyridine rings is 2. The zero-order chi connectivity index (χ0) is 18.0. The largest absolute Gasteiger partial charge is 0.475 e. The first-order valence-electron chi connectivity index (χ1n) is 8.34. The van der Waals surface area contributed by atoms with Gasteiger partial charge in [0.1, 0.15) is 5.82 Å². The molecule has 4 N–H and O–H groups in total. The molecule has 0 aromatic carbocycles. The molecule has 1 unspecified atom stereocenters. The van der Waals surface area contributed by atoms with Gasteiger partial charge in [0.05, 0.1) is 29.8 Å². The number of nitrogens with zero attached hydrogens (tertiary/aromatic N) is 3. The average Bonchev–Trinajstić information content (AvgIpc) is 3.02. The van der Waals surface area contributed by atoms with E-state index in [2.05, 4.69) is 9.97 Å². The van der Waals surface area contributed by atoms with Gasteiger partial charge in [0.2, 0.25) is 5.88 Å². The SMILES string of the molecule is CC(C)Oc1cc(C(=N)c2ccnc(N3CCC(O)C3)c2)c(N)cn1. The van der Waals surface area contributed by atoms with Gasteiger partial charge < -0.3 is 20.5 Å². The summed E-state index contributed by atoms with van der Waals surface area (Å²) in [5.41, 5.74) is 8.02. The third kappa shape index (κ3) is 3.88. The Balaban J connectivity index is 1.88. The van der Waals surface area contributed by atoms with Gasteiger partial charge in [-0.05, 0) is 32.4 Å². The van der Waals surface area contributed by atoms with Crippen molar-refractivity contribution < 1.29 is 9.84 Å². The number of anilines is 2.